The molecule has 0 N–H and O–H groups in total. The molecule has 4 heterocycles. The normalized spacial score (nSPS) is 16.8. The lowest BCUT2D eigenvalue weighted by Crippen LogP contribution is -2.49. The van der Waals surface area contributed by atoms with Crippen molar-refractivity contribution in [1.82, 2.24) is 24.8 Å². The average molecular weight is 593 g/mol. The van der Waals surface area contributed by atoms with Gasteiger partial charge in [-0.3, -0.25) is 9.59 Å². The molecule has 3 aromatic rings. The Bertz CT molecular complexity index is 1390. The molecule has 1 aromatic carbocycles. The summed E-state index contributed by atoms with van der Waals surface area (Å²) in [5.41, 5.74) is 0.277. The van der Waals surface area contributed by atoms with E-state index in [0.717, 1.165) is 16.9 Å². The number of aromatic nitrogens is 3. The van der Waals surface area contributed by atoms with E-state index >= 15 is 0 Å². The van der Waals surface area contributed by atoms with Crippen LogP contribution in [0.25, 0.3) is 0 Å². The minimum atomic E-state index is -4.89. The number of hydrogen-bond acceptors (Lipinski definition) is 9. The lowest BCUT2D eigenvalue weighted by atomic mass is 9.97. The summed E-state index contributed by atoms with van der Waals surface area (Å²) in [7, 11) is 0. The number of piperidine rings is 1. The van der Waals surface area contributed by atoms with Crippen LogP contribution in [0.1, 0.15) is 50.4 Å². The topological polar surface area (TPSA) is 91.8 Å². The second-order valence-corrected chi connectivity index (χ2v) is 11.0. The molecule has 212 valence electrons. The molecule has 2 saturated heterocycles. The number of rotatable bonds is 5. The number of hydrogen-bond donors (Lipinski definition) is 1. The van der Waals surface area contributed by atoms with Crippen molar-refractivity contribution in [1.29, 1.82) is 0 Å². The van der Waals surface area contributed by atoms with Crippen molar-refractivity contribution in [3.8, 4) is 5.75 Å². The predicted molar refractivity (Wildman–Crippen MR) is 145 cm³/mol. The number of halogens is 3. The van der Waals surface area contributed by atoms with E-state index < -0.39 is 18.0 Å². The number of anilines is 1. The first-order valence-electron chi connectivity index (χ1n) is 12.8. The van der Waals surface area contributed by atoms with Crippen LogP contribution in [0, 0.1) is 6.92 Å². The molecular formula is C26H27F3N6O3S2. The van der Waals surface area contributed by atoms with Gasteiger partial charge in [-0.25, -0.2) is 15.0 Å². The van der Waals surface area contributed by atoms with Crippen molar-refractivity contribution in [2.24, 2.45) is 0 Å². The third-order valence-electron chi connectivity index (χ3n) is 6.95. The fourth-order valence-corrected chi connectivity index (χ4v) is 6.11. The van der Waals surface area contributed by atoms with Crippen LogP contribution < -0.4 is 9.64 Å². The Hall–Kier alpha value is -3.39. The number of piperazine rings is 1. The number of benzene rings is 1. The zero-order valence-electron chi connectivity index (χ0n) is 21.6. The standard InChI is InChI=1S/C26H27F3N6O3S2/c1-16-30-14-21(39)22(31-16)33-10-12-35(13-11-33)25(37)19-15-40-23(32-19)17-6-8-34(9-7-17)24(36)18-4-2-3-5-20(18)38-26(27,28)29/h2-5,14-15,17,39H,6-13H2,1H3. The van der Waals surface area contributed by atoms with Crippen molar-refractivity contribution in [2.45, 2.75) is 36.9 Å². The first-order valence-corrected chi connectivity index (χ1v) is 14.1. The number of thiol groups is 1. The van der Waals surface area contributed by atoms with E-state index in [0.29, 0.717) is 68.5 Å². The molecule has 2 fully saturated rings. The van der Waals surface area contributed by atoms with Crippen molar-refractivity contribution in [3.05, 3.63) is 57.9 Å². The van der Waals surface area contributed by atoms with Crippen molar-refractivity contribution < 1.29 is 27.5 Å². The number of aryl methyl sites for hydroxylation is 1. The highest BCUT2D eigenvalue weighted by Gasteiger charge is 2.34. The average Bonchev–Trinajstić information content (AvgIpc) is 3.44. The minimum absolute atomic E-state index is 0.0592. The minimum Gasteiger partial charge on any atom is -0.405 e. The van der Waals surface area contributed by atoms with Gasteiger partial charge in [0.15, 0.2) is 0 Å². The molecule has 0 spiro atoms. The number of thiazole rings is 1. The zero-order valence-corrected chi connectivity index (χ0v) is 23.3. The molecular weight excluding hydrogens is 565 g/mol. The Morgan fingerprint density at radius 2 is 1.68 bits per heavy atom. The van der Waals surface area contributed by atoms with Crippen LogP contribution in [-0.4, -0.2) is 82.2 Å². The van der Waals surface area contributed by atoms with Gasteiger partial charge in [0.1, 0.15) is 23.1 Å². The van der Waals surface area contributed by atoms with Crippen LogP contribution in [0.2, 0.25) is 0 Å². The molecule has 2 aromatic heterocycles. The molecule has 9 nitrogen and oxygen atoms in total. The predicted octanol–water partition coefficient (Wildman–Crippen LogP) is 4.41. The summed E-state index contributed by atoms with van der Waals surface area (Å²) in [4.78, 5) is 45.5. The molecule has 2 amide bonds. The van der Waals surface area contributed by atoms with E-state index in [1.807, 2.05) is 6.92 Å². The first-order chi connectivity index (χ1) is 19.1. The molecule has 2 aliphatic rings. The summed E-state index contributed by atoms with van der Waals surface area (Å²) in [6.45, 7) is 4.86. The molecule has 14 heteroatoms. The lowest BCUT2D eigenvalue weighted by molar-refractivity contribution is -0.274. The number of alkyl halides is 3. The molecule has 0 radical (unpaired) electrons. The molecule has 0 unspecified atom stereocenters. The van der Waals surface area contributed by atoms with Gasteiger partial charge in [-0.2, -0.15) is 0 Å². The highest BCUT2D eigenvalue weighted by molar-refractivity contribution is 7.80. The maximum Gasteiger partial charge on any atom is 0.573 e. The molecule has 0 bridgehead atoms. The van der Waals surface area contributed by atoms with Crippen LogP contribution >= 0.6 is 24.0 Å². The first kappa shape index (κ1) is 28.1. The zero-order chi connectivity index (χ0) is 28.4. The molecule has 2 aliphatic heterocycles. The quantitative estimate of drug-likeness (QED) is 0.439. The number of carbonyl (C=O) groups is 2. The number of ether oxygens (including phenoxy) is 1. The number of para-hydroxylation sites is 1. The van der Waals surface area contributed by atoms with Gasteiger partial charge in [0.2, 0.25) is 0 Å². The monoisotopic (exact) mass is 592 g/mol. The molecule has 0 saturated carbocycles. The highest BCUT2D eigenvalue weighted by Crippen LogP contribution is 2.33. The summed E-state index contributed by atoms with van der Waals surface area (Å²) in [6.07, 6.45) is -2.02. The van der Waals surface area contributed by atoms with E-state index in [2.05, 4.69) is 37.2 Å². The fraction of sp³-hybridized carbons (Fsp3) is 0.423. The van der Waals surface area contributed by atoms with Crippen molar-refractivity contribution in [3.63, 3.8) is 0 Å². The van der Waals surface area contributed by atoms with E-state index in [1.54, 1.807) is 16.5 Å². The summed E-state index contributed by atoms with van der Waals surface area (Å²) in [5.74, 6) is 0.348. The Kier molecular flexibility index (Phi) is 8.17. The van der Waals surface area contributed by atoms with E-state index in [-0.39, 0.29) is 17.4 Å². The maximum absolute atomic E-state index is 13.2. The van der Waals surface area contributed by atoms with Gasteiger partial charge < -0.3 is 19.4 Å². The summed E-state index contributed by atoms with van der Waals surface area (Å²) < 4.78 is 42.4. The van der Waals surface area contributed by atoms with Crippen LogP contribution in [0.5, 0.6) is 5.75 Å². The maximum atomic E-state index is 13.2. The van der Waals surface area contributed by atoms with E-state index in [4.69, 9.17) is 0 Å². The number of carbonyl (C=O) groups excluding carboxylic acids is 2. The second kappa shape index (κ2) is 11.6. The summed E-state index contributed by atoms with van der Waals surface area (Å²) >= 11 is 5.88. The fourth-order valence-electron chi connectivity index (χ4n) is 4.90. The van der Waals surface area contributed by atoms with Crippen LogP contribution in [0.15, 0.2) is 40.7 Å². The molecule has 5 rings (SSSR count). The van der Waals surface area contributed by atoms with E-state index in [9.17, 15) is 22.8 Å². The molecule has 0 aliphatic carbocycles. The van der Waals surface area contributed by atoms with Gasteiger partial charge >= 0.3 is 6.36 Å². The second-order valence-electron chi connectivity index (χ2n) is 9.59. The Morgan fingerprint density at radius 1 is 1.00 bits per heavy atom. The van der Waals surface area contributed by atoms with Crippen LogP contribution in [0.3, 0.4) is 0 Å². The van der Waals surface area contributed by atoms with Gasteiger partial charge in [-0.05, 0) is 31.9 Å². The summed E-state index contributed by atoms with van der Waals surface area (Å²) in [5, 5.41) is 2.59. The molecule has 0 atom stereocenters. The van der Waals surface area contributed by atoms with Crippen LogP contribution in [0.4, 0.5) is 19.0 Å². The number of amides is 2. The summed E-state index contributed by atoms with van der Waals surface area (Å²) in [6, 6.07) is 5.37. The third-order valence-corrected chi connectivity index (χ3v) is 8.28. The third kappa shape index (κ3) is 6.33. The SMILES string of the molecule is Cc1ncc(S)c(N2CCN(C(=O)c3csc(C4CCN(C(=O)c5ccccc5OC(F)(F)F)CC4)n3)CC2)n1. The lowest BCUT2D eigenvalue weighted by Gasteiger charge is -2.35. The number of likely N-dealkylation sites (tertiary alicyclic amines) is 1. The Morgan fingerprint density at radius 3 is 2.38 bits per heavy atom. The van der Waals surface area contributed by atoms with Gasteiger partial charge in [0, 0.05) is 56.8 Å². The molecule has 40 heavy (non-hydrogen) atoms. The van der Waals surface area contributed by atoms with Crippen molar-refractivity contribution >= 4 is 41.6 Å². The largest absolute Gasteiger partial charge is 0.573 e. The Labute approximate surface area is 238 Å². The van der Waals surface area contributed by atoms with Gasteiger partial charge in [-0.15, -0.1) is 37.1 Å². The smallest absolute Gasteiger partial charge is 0.405 e. The van der Waals surface area contributed by atoms with Gasteiger partial charge in [0.25, 0.3) is 11.8 Å². The Balaban J connectivity index is 1.16. The highest BCUT2D eigenvalue weighted by atomic mass is 32.1. The van der Waals surface area contributed by atoms with Gasteiger partial charge in [0.05, 0.1) is 15.5 Å². The van der Waals surface area contributed by atoms with Crippen LogP contribution in [-0.2, 0) is 0 Å². The van der Waals surface area contributed by atoms with Crippen molar-refractivity contribution in [2.75, 3.05) is 44.2 Å². The number of nitrogens with zero attached hydrogens (tertiary/aromatic N) is 6. The van der Waals surface area contributed by atoms with E-state index in [1.165, 1.54) is 34.4 Å². The van der Waals surface area contributed by atoms with Gasteiger partial charge in [-0.1, -0.05) is 12.1 Å².